The first kappa shape index (κ1) is 14.9. The van der Waals surface area contributed by atoms with Crippen molar-refractivity contribution in [1.29, 1.82) is 0 Å². The highest BCUT2D eigenvalue weighted by molar-refractivity contribution is 5.36. The molecule has 0 heterocycles. The number of hydrogen-bond donors (Lipinski definition) is 0. The van der Waals surface area contributed by atoms with E-state index >= 15 is 0 Å². The number of rotatable bonds is 3. The van der Waals surface area contributed by atoms with Crippen LogP contribution >= 0.6 is 0 Å². The van der Waals surface area contributed by atoms with Gasteiger partial charge in [0, 0.05) is 5.56 Å². The number of ether oxygens (including phenoxy) is 1. The molecule has 1 aliphatic carbocycles. The lowest BCUT2D eigenvalue weighted by Crippen LogP contribution is -2.19. The van der Waals surface area contributed by atoms with Crippen LogP contribution in [-0.2, 0) is 4.74 Å². The van der Waals surface area contributed by atoms with Crippen molar-refractivity contribution >= 4 is 0 Å². The van der Waals surface area contributed by atoms with Gasteiger partial charge in [-0.3, -0.25) is 0 Å². The molecule has 3 rings (SSSR count). The van der Waals surface area contributed by atoms with Crippen LogP contribution in [0.25, 0.3) is 0 Å². The summed E-state index contributed by atoms with van der Waals surface area (Å²) in [7, 11) is 0. The molecule has 0 aromatic heterocycles. The fraction of sp³-hybridized carbons (Fsp3) is 0.333. The Balaban J connectivity index is 1.78. The van der Waals surface area contributed by atoms with Crippen LogP contribution in [0, 0.1) is 11.8 Å². The van der Waals surface area contributed by atoms with Gasteiger partial charge in [0.1, 0.15) is 6.10 Å². The van der Waals surface area contributed by atoms with Crippen molar-refractivity contribution in [1.82, 2.24) is 0 Å². The summed E-state index contributed by atoms with van der Waals surface area (Å²) in [4.78, 5) is 0. The SMILES string of the molecule is C(#CC(OC1CCCCC1)c1ccccc1)c1ccccc1. The van der Waals surface area contributed by atoms with E-state index < -0.39 is 0 Å². The van der Waals surface area contributed by atoms with E-state index in [2.05, 4.69) is 36.1 Å². The summed E-state index contributed by atoms with van der Waals surface area (Å²) in [5.74, 6) is 6.59. The zero-order chi connectivity index (χ0) is 15.0. The zero-order valence-corrected chi connectivity index (χ0v) is 12.9. The molecule has 0 saturated heterocycles. The predicted octanol–water partition coefficient (Wildman–Crippen LogP) is 5.13. The lowest BCUT2D eigenvalue weighted by Gasteiger charge is -2.25. The molecule has 22 heavy (non-hydrogen) atoms. The topological polar surface area (TPSA) is 9.23 Å². The largest absolute Gasteiger partial charge is 0.358 e. The lowest BCUT2D eigenvalue weighted by molar-refractivity contribution is -0.00378. The standard InChI is InChI=1S/C21H22O/c1-4-10-18(11-5-1)16-17-21(19-12-6-2-7-13-19)22-20-14-8-3-9-15-20/h1-2,4-7,10-13,20-21H,3,8-9,14-15H2. The maximum atomic E-state index is 6.33. The maximum absolute atomic E-state index is 6.33. The van der Waals surface area contributed by atoms with Gasteiger partial charge in [0.15, 0.2) is 0 Å². The third-order valence-electron chi connectivity index (χ3n) is 4.10. The zero-order valence-electron chi connectivity index (χ0n) is 12.9. The van der Waals surface area contributed by atoms with Crippen LogP contribution in [0.4, 0.5) is 0 Å². The second-order valence-electron chi connectivity index (χ2n) is 5.82. The van der Waals surface area contributed by atoms with Crippen molar-refractivity contribution in [2.45, 2.75) is 44.3 Å². The highest BCUT2D eigenvalue weighted by atomic mass is 16.5. The molecule has 2 aromatic carbocycles. The Bertz CT molecular complexity index is 615. The van der Waals surface area contributed by atoms with Crippen molar-refractivity contribution in [3.05, 3.63) is 71.8 Å². The molecule has 0 bridgehead atoms. The van der Waals surface area contributed by atoms with Crippen molar-refractivity contribution in [3.8, 4) is 11.8 Å². The molecule has 0 N–H and O–H groups in total. The Morgan fingerprint density at radius 2 is 1.45 bits per heavy atom. The maximum Gasteiger partial charge on any atom is 0.144 e. The lowest BCUT2D eigenvalue weighted by atomic mass is 9.97. The third-order valence-corrected chi connectivity index (χ3v) is 4.10. The Kier molecular flexibility index (Phi) is 5.29. The van der Waals surface area contributed by atoms with Gasteiger partial charge in [0.05, 0.1) is 6.10 Å². The molecule has 1 saturated carbocycles. The van der Waals surface area contributed by atoms with Gasteiger partial charge in [0.2, 0.25) is 0 Å². The van der Waals surface area contributed by atoms with E-state index in [1.54, 1.807) is 0 Å². The average molecular weight is 290 g/mol. The van der Waals surface area contributed by atoms with Crippen LogP contribution in [0.5, 0.6) is 0 Å². The number of benzene rings is 2. The molecular formula is C21H22O. The van der Waals surface area contributed by atoms with Gasteiger partial charge in [-0.15, -0.1) is 0 Å². The summed E-state index contributed by atoms with van der Waals surface area (Å²) in [5, 5.41) is 0. The van der Waals surface area contributed by atoms with Gasteiger partial charge in [-0.2, -0.15) is 0 Å². The molecule has 0 aliphatic heterocycles. The fourth-order valence-electron chi connectivity index (χ4n) is 2.89. The molecule has 0 radical (unpaired) electrons. The quantitative estimate of drug-likeness (QED) is 0.712. The molecule has 0 amide bonds. The summed E-state index contributed by atoms with van der Waals surface area (Å²) in [6.45, 7) is 0. The molecule has 112 valence electrons. The van der Waals surface area contributed by atoms with E-state index in [-0.39, 0.29) is 6.10 Å². The van der Waals surface area contributed by atoms with Crippen LogP contribution < -0.4 is 0 Å². The summed E-state index contributed by atoms with van der Waals surface area (Å²) in [6, 6.07) is 20.5. The fourth-order valence-corrected chi connectivity index (χ4v) is 2.89. The molecule has 1 atom stereocenters. The molecule has 2 aromatic rings. The minimum atomic E-state index is -0.135. The van der Waals surface area contributed by atoms with Gasteiger partial charge in [0.25, 0.3) is 0 Å². The first-order valence-electron chi connectivity index (χ1n) is 8.19. The molecular weight excluding hydrogens is 268 g/mol. The molecule has 1 fully saturated rings. The van der Waals surface area contributed by atoms with Crippen LogP contribution in [0.3, 0.4) is 0 Å². The molecule has 1 unspecified atom stereocenters. The van der Waals surface area contributed by atoms with E-state index in [9.17, 15) is 0 Å². The molecule has 1 nitrogen and oxygen atoms in total. The van der Waals surface area contributed by atoms with Crippen molar-refractivity contribution in [2.24, 2.45) is 0 Å². The predicted molar refractivity (Wildman–Crippen MR) is 90.5 cm³/mol. The van der Waals surface area contributed by atoms with Gasteiger partial charge < -0.3 is 4.74 Å². The van der Waals surface area contributed by atoms with Gasteiger partial charge in [-0.05, 0) is 30.5 Å². The molecule has 1 aliphatic rings. The van der Waals surface area contributed by atoms with E-state index in [1.165, 1.54) is 19.3 Å². The van der Waals surface area contributed by atoms with E-state index in [0.717, 1.165) is 24.0 Å². The Morgan fingerprint density at radius 3 is 2.14 bits per heavy atom. The summed E-state index contributed by atoms with van der Waals surface area (Å²) < 4.78 is 6.33. The van der Waals surface area contributed by atoms with Gasteiger partial charge in [-0.1, -0.05) is 79.6 Å². The van der Waals surface area contributed by atoms with Crippen molar-refractivity contribution in [2.75, 3.05) is 0 Å². The smallest absolute Gasteiger partial charge is 0.144 e. The minimum absolute atomic E-state index is 0.135. The van der Waals surface area contributed by atoms with Gasteiger partial charge in [-0.25, -0.2) is 0 Å². The van der Waals surface area contributed by atoms with Crippen LogP contribution in [0.1, 0.15) is 49.3 Å². The van der Waals surface area contributed by atoms with Crippen molar-refractivity contribution in [3.63, 3.8) is 0 Å². The Hall–Kier alpha value is -2.04. The normalized spacial score (nSPS) is 16.5. The summed E-state index contributed by atoms with van der Waals surface area (Å²) in [5.41, 5.74) is 2.19. The second kappa shape index (κ2) is 7.82. The first-order chi connectivity index (χ1) is 10.9. The van der Waals surface area contributed by atoms with Crippen LogP contribution in [0.2, 0.25) is 0 Å². The van der Waals surface area contributed by atoms with Gasteiger partial charge >= 0.3 is 0 Å². The molecule has 0 spiro atoms. The summed E-state index contributed by atoms with van der Waals surface area (Å²) in [6.07, 6.45) is 6.43. The summed E-state index contributed by atoms with van der Waals surface area (Å²) >= 11 is 0. The Morgan fingerprint density at radius 1 is 0.818 bits per heavy atom. The van der Waals surface area contributed by atoms with Crippen molar-refractivity contribution < 1.29 is 4.74 Å². The molecule has 1 heteroatoms. The number of hydrogen-bond acceptors (Lipinski definition) is 1. The minimum Gasteiger partial charge on any atom is -0.358 e. The first-order valence-corrected chi connectivity index (χ1v) is 8.19. The monoisotopic (exact) mass is 290 g/mol. The van der Waals surface area contributed by atoms with E-state index in [4.69, 9.17) is 4.74 Å². The average Bonchev–Trinajstić information content (AvgIpc) is 2.61. The van der Waals surface area contributed by atoms with Crippen LogP contribution in [-0.4, -0.2) is 6.10 Å². The Labute approximate surface area is 133 Å². The second-order valence-corrected chi connectivity index (χ2v) is 5.82. The van der Waals surface area contributed by atoms with E-state index in [1.807, 2.05) is 36.4 Å². The highest BCUT2D eigenvalue weighted by Gasteiger charge is 2.19. The third kappa shape index (κ3) is 4.23. The highest BCUT2D eigenvalue weighted by Crippen LogP contribution is 2.26. The van der Waals surface area contributed by atoms with Crippen LogP contribution in [0.15, 0.2) is 60.7 Å². The van der Waals surface area contributed by atoms with E-state index in [0.29, 0.717) is 6.10 Å².